The molecule has 0 heterocycles. The molecule has 0 atom stereocenters. The predicted molar refractivity (Wildman–Crippen MR) is 56.1 cm³/mol. The molecule has 0 radical (unpaired) electrons. The number of carbonyl (C=O) groups is 2. The second-order valence-electron chi connectivity index (χ2n) is 3.86. The maximum atomic E-state index is 10.5. The highest BCUT2D eigenvalue weighted by Gasteiger charge is 2.05. The standard InChI is InChI=1S/C6H10O.C6H8O/c2*7-6-4-2-1-3-5-6/h1-5H2;2,4H,1,3,5H2. The Bertz CT molecular complexity index is 220. The molecule has 1 fully saturated rings. The van der Waals surface area contributed by atoms with E-state index in [0.29, 0.717) is 5.78 Å². The molecule has 0 spiro atoms. The van der Waals surface area contributed by atoms with Crippen LogP contribution in [-0.2, 0) is 9.59 Å². The van der Waals surface area contributed by atoms with E-state index in [1.54, 1.807) is 6.08 Å². The van der Waals surface area contributed by atoms with Gasteiger partial charge in [-0.2, -0.15) is 0 Å². The van der Waals surface area contributed by atoms with Crippen molar-refractivity contribution in [2.45, 2.75) is 51.4 Å². The molecule has 0 bridgehead atoms. The second-order valence-corrected chi connectivity index (χ2v) is 3.86. The molecule has 0 N–H and O–H groups in total. The summed E-state index contributed by atoms with van der Waals surface area (Å²) in [5.74, 6) is 0.748. The van der Waals surface area contributed by atoms with Gasteiger partial charge in [-0.15, -0.1) is 0 Å². The molecule has 0 aromatic rings. The van der Waals surface area contributed by atoms with Crippen molar-refractivity contribution in [2.24, 2.45) is 0 Å². The lowest BCUT2D eigenvalue weighted by Crippen LogP contribution is -2.02. The van der Waals surface area contributed by atoms with Gasteiger partial charge in [0.2, 0.25) is 0 Å². The van der Waals surface area contributed by atoms with Crippen molar-refractivity contribution in [3.63, 3.8) is 0 Å². The first-order chi connectivity index (χ1) is 6.79. The van der Waals surface area contributed by atoms with E-state index >= 15 is 0 Å². The number of hydrogen-bond donors (Lipinski definition) is 0. The van der Waals surface area contributed by atoms with Crippen LogP contribution in [0.4, 0.5) is 0 Å². The van der Waals surface area contributed by atoms with Crippen molar-refractivity contribution < 1.29 is 9.59 Å². The summed E-state index contributed by atoms with van der Waals surface area (Å²) in [4.78, 5) is 20.8. The summed E-state index contributed by atoms with van der Waals surface area (Å²) in [5.41, 5.74) is 0. The van der Waals surface area contributed by atoms with Crippen LogP contribution in [0.2, 0.25) is 0 Å². The van der Waals surface area contributed by atoms with Gasteiger partial charge in [-0.1, -0.05) is 12.5 Å². The number of rotatable bonds is 0. The van der Waals surface area contributed by atoms with Gasteiger partial charge in [-0.05, 0) is 31.8 Å². The van der Waals surface area contributed by atoms with Crippen LogP contribution in [0.5, 0.6) is 0 Å². The van der Waals surface area contributed by atoms with Crippen LogP contribution in [0.25, 0.3) is 0 Å². The summed E-state index contributed by atoms with van der Waals surface area (Å²) < 4.78 is 0. The smallest absolute Gasteiger partial charge is 0.155 e. The third kappa shape index (κ3) is 4.95. The molecular weight excluding hydrogens is 176 g/mol. The Morgan fingerprint density at radius 3 is 1.86 bits per heavy atom. The number of allylic oxidation sites excluding steroid dienone is 2. The van der Waals surface area contributed by atoms with Gasteiger partial charge in [0.05, 0.1) is 0 Å². The maximum absolute atomic E-state index is 10.5. The van der Waals surface area contributed by atoms with Gasteiger partial charge in [0, 0.05) is 19.3 Å². The van der Waals surface area contributed by atoms with Gasteiger partial charge in [0.1, 0.15) is 5.78 Å². The largest absolute Gasteiger partial charge is 0.300 e. The lowest BCUT2D eigenvalue weighted by molar-refractivity contribution is -0.120. The Hall–Kier alpha value is -0.920. The van der Waals surface area contributed by atoms with E-state index in [-0.39, 0.29) is 5.78 Å². The van der Waals surface area contributed by atoms with Crippen molar-refractivity contribution in [1.82, 2.24) is 0 Å². The van der Waals surface area contributed by atoms with E-state index < -0.39 is 0 Å². The van der Waals surface area contributed by atoms with E-state index in [2.05, 4.69) is 0 Å². The van der Waals surface area contributed by atoms with Gasteiger partial charge in [-0.3, -0.25) is 9.59 Å². The average Bonchev–Trinajstić information content (AvgIpc) is 2.21. The monoisotopic (exact) mass is 194 g/mol. The van der Waals surface area contributed by atoms with Gasteiger partial charge in [0.25, 0.3) is 0 Å². The molecule has 2 aliphatic carbocycles. The molecule has 1 saturated carbocycles. The zero-order valence-electron chi connectivity index (χ0n) is 8.63. The van der Waals surface area contributed by atoms with E-state index in [1.165, 1.54) is 6.42 Å². The zero-order valence-corrected chi connectivity index (χ0v) is 8.63. The third-order valence-electron chi connectivity index (χ3n) is 2.51. The van der Waals surface area contributed by atoms with Crippen LogP contribution in [0, 0.1) is 0 Å². The van der Waals surface area contributed by atoms with E-state index in [4.69, 9.17) is 0 Å². The number of hydrogen-bond acceptors (Lipinski definition) is 2. The first-order valence-electron chi connectivity index (χ1n) is 5.50. The minimum absolute atomic E-state index is 0.284. The van der Waals surface area contributed by atoms with Gasteiger partial charge in [-0.25, -0.2) is 0 Å². The van der Waals surface area contributed by atoms with Crippen molar-refractivity contribution in [1.29, 1.82) is 0 Å². The van der Waals surface area contributed by atoms with Gasteiger partial charge in [0.15, 0.2) is 5.78 Å². The molecular formula is C12H18O2. The Balaban J connectivity index is 0.000000140. The number of Topliss-reactive ketones (excluding diaryl/α,β-unsaturated/α-hetero) is 1. The van der Waals surface area contributed by atoms with Crippen LogP contribution in [0.15, 0.2) is 12.2 Å². The van der Waals surface area contributed by atoms with Crippen molar-refractivity contribution in [3.8, 4) is 0 Å². The summed E-state index contributed by atoms with van der Waals surface area (Å²) in [7, 11) is 0. The number of carbonyl (C=O) groups excluding carboxylic acids is 2. The summed E-state index contributed by atoms with van der Waals surface area (Å²) in [5, 5.41) is 0. The SMILES string of the molecule is O=C1C=CCCC1.O=C1CCCCC1. The maximum Gasteiger partial charge on any atom is 0.155 e. The molecule has 0 aromatic heterocycles. The minimum atomic E-state index is 0.284. The molecule has 2 nitrogen and oxygen atoms in total. The highest BCUT2D eigenvalue weighted by molar-refractivity contribution is 5.90. The minimum Gasteiger partial charge on any atom is -0.300 e. The molecule has 78 valence electrons. The van der Waals surface area contributed by atoms with Crippen LogP contribution >= 0.6 is 0 Å². The topological polar surface area (TPSA) is 34.1 Å². The molecule has 14 heavy (non-hydrogen) atoms. The molecule has 2 heteroatoms. The van der Waals surface area contributed by atoms with Gasteiger partial charge >= 0.3 is 0 Å². The van der Waals surface area contributed by atoms with E-state index in [0.717, 1.165) is 44.9 Å². The van der Waals surface area contributed by atoms with Crippen molar-refractivity contribution >= 4 is 11.6 Å². The fourth-order valence-electron chi connectivity index (χ4n) is 1.64. The number of ketones is 2. The quantitative estimate of drug-likeness (QED) is 0.594. The third-order valence-corrected chi connectivity index (χ3v) is 2.51. The Kier molecular flexibility index (Phi) is 5.20. The molecule has 0 unspecified atom stereocenters. The first-order valence-corrected chi connectivity index (χ1v) is 5.50. The Morgan fingerprint density at radius 2 is 1.57 bits per heavy atom. The zero-order chi connectivity index (χ0) is 10.2. The first kappa shape index (κ1) is 11.2. The lowest BCUT2D eigenvalue weighted by Gasteiger charge is -2.05. The van der Waals surface area contributed by atoms with Crippen LogP contribution in [0.1, 0.15) is 51.4 Å². The van der Waals surface area contributed by atoms with Crippen LogP contribution in [-0.4, -0.2) is 11.6 Å². The molecule has 0 aromatic carbocycles. The van der Waals surface area contributed by atoms with Crippen molar-refractivity contribution in [3.05, 3.63) is 12.2 Å². The van der Waals surface area contributed by atoms with Gasteiger partial charge < -0.3 is 0 Å². The summed E-state index contributed by atoms with van der Waals surface area (Å²) in [6, 6.07) is 0. The summed E-state index contributed by atoms with van der Waals surface area (Å²) >= 11 is 0. The van der Waals surface area contributed by atoms with E-state index in [1.807, 2.05) is 6.08 Å². The Morgan fingerprint density at radius 1 is 0.857 bits per heavy atom. The van der Waals surface area contributed by atoms with E-state index in [9.17, 15) is 9.59 Å². The van der Waals surface area contributed by atoms with Crippen LogP contribution < -0.4 is 0 Å². The molecule has 0 saturated heterocycles. The predicted octanol–water partition coefficient (Wildman–Crippen LogP) is 2.82. The molecule has 2 aliphatic rings. The summed E-state index contributed by atoms with van der Waals surface area (Å²) in [6.07, 6.45) is 11.7. The van der Waals surface area contributed by atoms with Crippen molar-refractivity contribution in [2.75, 3.05) is 0 Å². The van der Waals surface area contributed by atoms with Crippen LogP contribution in [0.3, 0.4) is 0 Å². The normalized spacial score (nSPS) is 21.4. The fourth-order valence-corrected chi connectivity index (χ4v) is 1.64. The molecule has 2 rings (SSSR count). The highest BCUT2D eigenvalue weighted by Crippen LogP contribution is 2.12. The molecule has 0 amide bonds. The fraction of sp³-hybridized carbons (Fsp3) is 0.667. The summed E-state index contributed by atoms with van der Waals surface area (Å²) in [6.45, 7) is 0. The highest BCUT2D eigenvalue weighted by atomic mass is 16.1. The second kappa shape index (κ2) is 6.52. The lowest BCUT2D eigenvalue weighted by atomic mass is 10.00. The average molecular weight is 194 g/mol. The molecule has 0 aliphatic heterocycles. The Labute approximate surface area is 85.4 Å².